The molecule has 3 heteroatoms. The SMILES string of the molecule is c1ccc(-c2c(N(c3ccccc3)c3ccccc3)csc2-c2cccs2)cc1. The Hall–Kier alpha value is -3.14. The van der Waals surface area contributed by atoms with Gasteiger partial charge >= 0.3 is 0 Å². The molecule has 0 amide bonds. The molecular formula is C26H19NS2. The normalized spacial score (nSPS) is 10.8. The Kier molecular flexibility index (Phi) is 4.99. The van der Waals surface area contributed by atoms with E-state index in [9.17, 15) is 0 Å². The lowest BCUT2D eigenvalue weighted by Crippen LogP contribution is -2.09. The van der Waals surface area contributed by atoms with E-state index in [0.717, 1.165) is 11.4 Å². The molecule has 0 radical (unpaired) electrons. The lowest BCUT2D eigenvalue weighted by atomic mass is 10.0. The Morgan fingerprint density at radius 2 is 1.14 bits per heavy atom. The van der Waals surface area contributed by atoms with E-state index in [-0.39, 0.29) is 0 Å². The van der Waals surface area contributed by atoms with Crippen molar-refractivity contribution in [2.45, 2.75) is 0 Å². The van der Waals surface area contributed by atoms with Gasteiger partial charge < -0.3 is 4.90 Å². The molecule has 0 fully saturated rings. The summed E-state index contributed by atoms with van der Waals surface area (Å²) in [7, 11) is 0. The summed E-state index contributed by atoms with van der Waals surface area (Å²) in [5, 5.41) is 4.44. The van der Waals surface area contributed by atoms with Gasteiger partial charge in [0.25, 0.3) is 0 Å². The molecule has 0 N–H and O–H groups in total. The molecule has 1 nitrogen and oxygen atoms in total. The molecule has 2 heterocycles. The van der Waals surface area contributed by atoms with Crippen molar-refractivity contribution in [2.75, 3.05) is 4.90 Å². The van der Waals surface area contributed by atoms with Gasteiger partial charge in [0.2, 0.25) is 0 Å². The van der Waals surface area contributed by atoms with Crippen LogP contribution in [-0.4, -0.2) is 0 Å². The summed E-state index contributed by atoms with van der Waals surface area (Å²) in [6.07, 6.45) is 0. The van der Waals surface area contributed by atoms with Gasteiger partial charge in [-0.1, -0.05) is 72.8 Å². The smallest absolute Gasteiger partial charge is 0.0653 e. The highest BCUT2D eigenvalue weighted by molar-refractivity contribution is 7.21. The van der Waals surface area contributed by atoms with E-state index in [0.29, 0.717) is 0 Å². The fourth-order valence-corrected chi connectivity index (χ4v) is 5.50. The van der Waals surface area contributed by atoms with Crippen LogP contribution in [-0.2, 0) is 0 Å². The number of thiophene rings is 2. The zero-order valence-electron chi connectivity index (χ0n) is 15.7. The predicted molar refractivity (Wildman–Crippen MR) is 128 cm³/mol. The number of rotatable bonds is 5. The highest BCUT2D eigenvalue weighted by atomic mass is 32.1. The zero-order valence-corrected chi connectivity index (χ0v) is 17.4. The first-order valence-corrected chi connectivity index (χ1v) is 11.3. The van der Waals surface area contributed by atoms with Crippen LogP contribution >= 0.6 is 22.7 Å². The van der Waals surface area contributed by atoms with E-state index in [1.165, 1.54) is 26.6 Å². The minimum Gasteiger partial charge on any atom is -0.309 e. The molecule has 0 unspecified atom stereocenters. The summed E-state index contributed by atoms with van der Waals surface area (Å²) >= 11 is 3.61. The third kappa shape index (κ3) is 3.51. The quantitative estimate of drug-likeness (QED) is 0.281. The van der Waals surface area contributed by atoms with E-state index in [1.54, 1.807) is 11.3 Å². The van der Waals surface area contributed by atoms with E-state index in [2.05, 4.69) is 119 Å². The summed E-state index contributed by atoms with van der Waals surface area (Å²) in [5.41, 5.74) is 6.05. The van der Waals surface area contributed by atoms with Crippen molar-refractivity contribution in [3.8, 4) is 20.9 Å². The second kappa shape index (κ2) is 8.08. The Morgan fingerprint density at radius 1 is 0.552 bits per heavy atom. The minimum absolute atomic E-state index is 1.16. The van der Waals surface area contributed by atoms with E-state index >= 15 is 0 Å². The third-order valence-corrected chi connectivity index (χ3v) is 6.87. The van der Waals surface area contributed by atoms with Crippen LogP contribution < -0.4 is 4.90 Å². The van der Waals surface area contributed by atoms with Gasteiger partial charge in [0.05, 0.1) is 10.6 Å². The first-order valence-electron chi connectivity index (χ1n) is 9.53. The summed E-state index contributed by atoms with van der Waals surface area (Å²) in [5.74, 6) is 0. The Bertz CT molecular complexity index is 1140. The van der Waals surface area contributed by atoms with Crippen molar-refractivity contribution in [3.63, 3.8) is 0 Å². The van der Waals surface area contributed by atoms with Crippen molar-refractivity contribution >= 4 is 39.7 Å². The first kappa shape index (κ1) is 17.9. The fourth-order valence-electron chi connectivity index (χ4n) is 3.57. The molecule has 5 rings (SSSR count). The monoisotopic (exact) mass is 409 g/mol. The summed E-state index contributed by atoms with van der Waals surface area (Å²) in [6.45, 7) is 0. The summed E-state index contributed by atoms with van der Waals surface area (Å²) in [4.78, 5) is 4.98. The van der Waals surface area contributed by atoms with Gasteiger partial charge in [-0.05, 0) is 41.3 Å². The summed E-state index contributed by atoms with van der Waals surface area (Å²) in [6, 6.07) is 36.3. The van der Waals surface area contributed by atoms with Crippen LogP contribution in [0.15, 0.2) is 114 Å². The van der Waals surface area contributed by atoms with Crippen LogP contribution in [0.2, 0.25) is 0 Å². The molecular weight excluding hydrogens is 390 g/mol. The van der Waals surface area contributed by atoms with E-state index in [1.807, 2.05) is 11.3 Å². The zero-order chi connectivity index (χ0) is 19.5. The van der Waals surface area contributed by atoms with Gasteiger partial charge in [0.15, 0.2) is 0 Å². The van der Waals surface area contributed by atoms with E-state index in [4.69, 9.17) is 0 Å². The molecule has 0 spiro atoms. The molecule has 2 aromatic heterocycles. The van der Waals surface area contributed by atoms with Crippen molar-refractivity contribution in [3.05, 3.63) is 114 Å². The Balaban J connectivity index is 1.77. The number of para-hydroxylation sites is 2. The Morgan fingerprint density at radius 3 is 1.69 bits per heavy atom. The fraction of sp³-hybridized carbons (Fsp3) is 0. The molecule has 0 aliphatic rings. The predicted octanol–water partition coefficient (Wildman–Crippen LogP) is 8.61. The second-order valence-electron chi connectivity index (χ2n) is 6.67. The average Bonchev–Trinajstić information content (AvgIpc) is 3.46. The average molecular weight is 410 g/mol. The topological polar surface area (TPSA) is 3.24 Å². The molecule has 0 aliphatic carbocycles. The number of hydrogen-bond donors (Lipinski definition) is 0. The highest BCUT2D eigenvalue weighted by Crippen LogP contribution is 2.49. The van der Waals surface area contributed by atoms with Gasteiger partial charge in [-0.15, -0.1) is 22.7 Å². The maximum atomic E-state index is 2.36. The summed E-state index contributed by atoms with van der Waals surface area (Å²) < 4.78 is 0. The molecule has 0 aliphatic heterocycles. The van der Waals surface area contributed by atoms with Crippen molar-refractivity contribution in [1.29, 1.82) is 0 Å². The van der Waals surface area contributed by atoms with Crippen molar-refractivity contribution in [1.82, 2.24) is 0 Å². The molecule has 0 saturated carbocycles. The second-order valence-corrected chi connectivity index (χ2v) is 8.50. The third-order valence-electron chi connectivity index (χ3n) is 4.85. The van der Waals surface area contributed by atoms with Crippen LogP contribution in [0.3, 0.4) is 0 Å². The number of anilines is 3. The number of benzene rings is 3. The van der Waals surface area contributed by atoms with Crippen LogP contribution in [0.5, 0.6) is 0 Å². The number of hydrogen-bond acceptors (Lipinski definition) is 3. The van der Waals surface area contributed by atoms with Crippen molar-refractivity contribution < 1.29 is 0 Å². The molecule has 5 aromatic rings. The minimum atomic E-state index is 1.16. The van der Waals surface area contributed by atoms with Gasteiger partial charge in [0, 0.05) is 27.2 Å². The van der Waals surface area contributed by atoms with Crippen LogP contribution in [0.1, 0.15) is 0 Å². The van der Waals surface area contributed by atoms with E-state index < -0.39 is 0 Å². The van der Waals surface area contributed by atoms with Gasteiger partial charge in [-0.2, -0.15) is 0 Å². The molecule has 0 saturated heterocycles. The number of nitrogens with zero attached hydrogens (tertiary/aromatic N) is 1. The molecule has 29 heavy (non-hydrogen) atoms. The highest BCUT2D eigenvalue weighted by Gasteiger charge is 2.22. The Labute approximate surface area is 179 Å². The first-order chi connectivity index (χ1) is 14.4. The van der Waals surface area contributed by atoms with Crippen molar-refractivity contribution in [2.24, 2.45) is 0 Å². The molecule has 3 aromatic carbocycles. The standard InChI is InChI=1S/C26H19NS2/c1-4-11-20(12-5-1)25-23(19-29-26(25)24-17-10-18-28-24)27(21-13-6-2-7-14-21)22-15-8-3-9-16-22/h1-19H. The maximum absolute atomic E-state index is 2.36. The van der Waals surface area contributed by atoms with Crippen LogP contribution in [0.25, 0.3) is 20.9 Å². The lowest BCUT2D eigenvalue weighted by Gasteiger charge is -2.26. The van der Waals surface area contributed by atoms with Gasteiger partial charge in [0.1, 0.15) is 0 Å². The van der Waals surface area contributed by atoms with Gasteiger partial charge in [-0.3, -0.25) is 0 Å². The molecule has 0 bridgehead atoms. The molecule has 140 valence electrons. The van der Waals surface area contributed by atoms with Crippen LogP contribution in [0.4, 0.5) is 17.1 Å². The van der Waals surface area contributed by atoms with Gasteiger partial charge in [-0.25, -0.2) is 0 Å². The largest absolute Gasteiger partial charge is 0.309 e. The lowest BCUT2D eigenvalue weighted by molar-refractivity contribution is 1.30. The maximum Gasteiger partial charge on any atom is 0.0653 e. The van der Waals surface area contributed by atoms with Crippen LogP contribution in [0, 0.1) is 0 Å². The molecule has 0 atom stereocenters.